The molecular weight excluding hydrogens is 520 g/mol. The molecular formula is C31H36N6O4. The third-order valence-corrected chi connectivity index (χ3v) is 8.59. The van der Waals surface area contributed by atoms with Crippen LogP contribution in [0.15, 0.2) is 53.8 Å². The van der Waals surface area contributed by atoms with E-state index >= 15 is 0 Å². The molecule has 3 aliphatic heterocycles. The highest BCUT2D eigenvalue weighted by Gasteiger charge is 2.50. The molecule has 5 atom stereocenters. The minimum Gasteiger partial charge on any atom is -0.392 e. The van der Waals surface area contributed by atoms with Crippen LogP contribution in [-0.2, 0) is 9.63 Å². The molecule has 2 bridgehead atoms. The number of benzene rings is 1. The Morgan fingerprint density at radius 1 is 1.07 bits per heavy atom. The number of hydrogen-bond donors (Lipinski definition) is 2. The highest BCUT2D eigenvalue weighted by Crippen LogP contribution is 2.35. The molecule has 41 heavy (non-hydrogen) atoms. The monoisotopic (exact) mass is 556 g/mol. The summed E-state index contributed by atoms with van der Waals surface area (Å²) >= 11 is 0. The first kappa shape index (κ1) is 27.0. The summed E-state index contributed by atoms with van der Waals surface area (Å²) in [6.45, 7) is 10.6. The molecule has 0 saturated carbocycles. The Kier molecular flexibility index (Phi) is 6.59. The van der Waals surface area contributed by atoms with Crippen molar-refractivity contribution in [3.05, 3.63) is 65.6 Å². The van der Waals surface area contributed by atoms with E-state index in [1.807, 2.05) is 74.8 Å². The second kappa shape index (κ2) is 10.0. The number of pyridine rings is 1. The third kappa shape index (κ3) is 4.85. The number of oxime groups is 1. The van der Waals surface area contributed by atoms with Crippen LogP contribution in [0.5, 0.6) is 0 Å². The fourth-order valence-corrected chi connectivity index (χ4v) is 6.40. The lowest BCUT2D eigenvalue weighted by atomic mass is 9.85. The zero-order valence-corrected chi connectivity index (χ0v) is 24.0. The van der Waals surface area contributed by atoms with Gasteiger partial charge in [0.1, 0.15) is 23.5 Å². The van der Waals surface area contributed by atoms with E-state index in [2.05, 4.69) is 20.4 Å². The lowest BCUT2D eigenvalue weighted by molar-refractivity contribution is -0.138. The molecule has 3 aromatic rings. The van der Waals surface area contributed by atoms with Crippen molar-refractivity contribution in [1.82, 2.24) is 25.1 Å². The van der Waals surface area contributed by atoms with Gasteiger partial charge < -0.3 is 24.9 Å². The first-order valence-electron chi connectivity index (χ1n) is 14.2. The van der Waals surface area contributed by atoms with Gasteiger partial charge >= 0.3 is 0 Å². The standard InChI is InChI=1S/C31H36N6O4/c1-17-26(18(2)41-35-17)20-10-11-24(32-14-20)29(39)36-15-22-13-21(36)16-37(22)30(40)27(31(3,4)5)34-28(38)25-12-19-8-6-7-9-23(19)33-25/h6-12,14,18,21-22,26-27,33H,13,15-16H2,1-5H3,(H,34,38)/t18?,21?,22-,26?,27+/m0/s1. The van der Waals surface area contributed by atoms with Gasteiger partial charge in [0.2, 0.25) is 5.91 Å². The van der Waals surface area contributed by atoms with Crippen LogP contribution in [0.4, 0.5) is 0 Å². The Labute approximate surface area is 239 Å². The quantitative estimate of drug-likeness (QED) is 0.497. The molecule has 2 aromatic heterocycles. The van der Waals surface area contributed by atoms with Crippen molar-refractivity contribution in [2.45, 2.75) is 71.2 Å². The van der Waals surface area contributed by atoms with E-state index in [0.29, 0.717) is 24.5 Å². The maximum Gasteiger partial charge on any atom is 0.272 e. The maximum atomic E-state index is 13.8. The van der Waals surface area contributed by atoms with Crippen molar-refractivity contribution < 1.29 is 19.2 Å². The molecule has 3 unspecified atom stereocenters. The van der Waals surface area contributed by atoms with Gasteiger partial charge in [-0.1, -0.05) is 50.2 Å². The SMILES string of the molecule is CC1=NOC(C)C1c1ccc(C(=O)N2C[C@@H]3CC2CN3C(=O)[C@@H](NC(=O)c2cc3ccccc3[nH]2)C(C)(C)C)nc1. The topological polar surface area (TPSA) is 120 Å². The Hall–Kier alpha value is -4.21. The van der Waals surface area contributed by atoms with E-state index in [1.54, 1.807) is 18.3 Å². The Morgan fingerprint density at radius 3 is 2.41 bits per heavy atom. The molecule has 3 aliphatic rings. The van der Waals surface area contributed by atoms with E-state index in [-0.39, 0.29) is 41.8 Å². The molecule has 0 radical (unpaired) electrons. The predicted molar refractivity (Wildman–Crippen MR) is 155 cm³/mol. The molecule has 3 amide bonds. The van der Waals surface area contributed by atoms with Gasteiger partial charge in [0.25, 0.3) is 11.8 Å². The number of hydrogen-bond acceptors (Lipinski definition) is 6. The smallest absolute Gasteiger partial charge is 0.272 e. The van der Waals surface area contributed by atoms with Gasteiger partial charge in [-0.25, -0.2) is 0 Å². The van der Waals surface area contributed by atoms with Gasteiger partial charge in [-0.2, -0.15) is 0 Å². The largest absolute Gasteiger partial charge is 0.392 e. The van der Waals surface area contributed by atoms with Crippen molar-refractivity contribution in [3.63, 3.8) is 0 Å². The second-order valence-electron chi connectivity index (χ2n) is 12.5. The van der Waals surface area contributed by atoms with Crippen LogP contribution < -0.4 is 5.32 Å². The van der Waals surface area contributed by atoms with E-state index < -0.39 is 11.5 Å². The summed E-state index contributed by atoms with van der Waals surface area (Å²) in [7, 11) is 0. The second-order valence-corrected chi connectivity index (χ2v) is 12.5. The number of amides is 3. The first-order valence-corrected chi connectivity index (χ1v) is 14.2. The van der Waals surface area contributed by atoms with Crippen LogP contribution >= 0.6 is 0 Å². The Balaban J connectivity index is 1.12. The number of nitrogens with zero attached hydrogens (tertiary/aromatic N) is 4. The highest BCUT2D eigenvalue weighted by atomic mass is 16.6. The number of aromatic nitrogens is 2. The Morgan fingerprint density at radius 2 is 1.80 bits per heavy atom. The molecule has 0 aliphatic carbocycles. The number of rotatable bonds is 5. The molecule has 5 heterocycles. The molecule has 2 N–H and O–H groups in total. The fraction of sp³-hybridized carbons (Fsp3) is 0.452. The Bertz CT molecular complexity index is 1500. The number of piperazine rings is 1. The molecule has 2 fully saturated rings. The van der Waals surface area contributed by atoms with E-state index in [9.17, 15) is 14.4 Å². The normalized spacial score (nSPS) is 24.4. The number of nitrogens with one attached hydrogen (secondary N) is 2. The van der Waals surface area contributed by atoms with Gasteiger partial charge in [-0.05, 0) is 49.4 Å². The summed E-state index contributed by atoms with van der Waals surface area (Å²) in [5.41, 5.74) is 3.03. The van der Waals surface area contributed by atoms with Crippen LogP contribution in [0.1, 0.15) is 73.5 Å². The average molecular weight is 557 g/mol. The minimum absolute atomic E-state index is 0.0290. The lowest BCUT2D eigenvalue weighted by Gasteiger charge is -2.39. The third-order valence-electron chi connectivity index (χ3n) is 8.59. The number of H-pyrrole nitrogens is 1. The van der Waals surface area contributed by atoms with Crippen molar-refractivity contribution in [2.75, 3.05) is 13.1 Å². The van der Waals surface area contributed by atoms with Crippen LogP contribution in [0.25, 0.3) is 10.9 Å². The average Bonchev–Trinajstić information content (AvgIpc) is 3.73. The number of carbonyl (C=O) groups excluding carboxylic acids is 3. The van der Waals surface area contributed by atoms with Gasteiger partial charge in [0, 0.05) is 30.2 Å². The van der Waals surface area contributed by atoms with Crippen LogP contribution in [-0.4, -0.2) is 80.5 Å². The van der Waals surface area contributed by atoms with E-state index in [0.717, 1.165) is 28.6 Å². The lowest BCUT2D eigenvalue weighted by Crippen LogP contribution is -2.59. The molecule has 0 spiro atoms. The molecule has 214 valence electrons. The number of carbonyl (C=O) groups is 3. The number of aromatic amines is 1. The number of fused-ring (bicyclic) bond motifs is 3. The maximum absolute atomic E-state index is 13.8. The van der Waals surface area contributed by atoms with Crippen molar-refractivity contribution in [3.8, 4) is 0 Å². The summed E-state index contributed by atoms with van der Waals surface area (Å²) in [5.74, 6) is -0.530. The van der Waals surface area contributed by atoms with Gasteiger partial charge in [-0.3, -0.25) is 19.4 Å². The van der Waals surface area contributed by atoms with Gasteiger partial charge in [-0.15, -0.1) is 0 Å². The van der Waals surface area contributed by atoms with Crippen LogP contribution in [0, 0.1) is 5.41 Å². The molecule has 6 rings (SSSR count). The summed E-state index contributed by atoms with van der Waals surface area (Å²) in [5, 5.41) is 8.00. The number of para-hydroxylation sites is 1. The van der Waals surface area contributed by atoms with Crippen molar-refractivity contribution >= 4 is 34.3 Å². The molecule has 2 saturated heterocycles. The van der Waals surface area contributed by atoms with Gasteiger partial charge in [0.05, 0.1) is 23.7 Å². The first-order chi connectivity index (χ1) is 19.5. The summed E-state index contributed by atoms with van der Waals surface area (Å²) in [4.78, 5) is 57.1. The minimum atomic E-state index is -0.715. The predicted octanol–water partition coefficient (Wildman–Crippen LogP) is 3.71. The number of likely N-dealkylation sites (tertiary alicyclic amines) is 2. The van der Waals surface area contributed by atoms with Crippen molar-refractivity contribution in [1.29, 1.82) is 0 Å². The molecule has 10 heteroatoms. The van der Waals surface area contributed by atoms with E-state index in [1.165, 1.54) is 0 Å². The van der Waals surface area contributed by atoms with Crippen LogP contribution in [0.2, 0.25) is 0 Å². The summed E-state index contributed by atoms with van der Waals surface area (Å²) in [6, 6.07) is 12.3. The molecule has 10 nitrogen and oxygen atoms in total. The summed E-state index contributed by atoms with van der Waals surface area (Å²) < 4.78 is 0. The molecule has 1 aromatic carbocycles. The highest BCUT2D eigenvalue weighted by molar-refractivity contribution is 6.00. The van der Waals surface area contributed by atoms with Gasteiger partial charge in [0.15, 0.2) is 0 Å². The van der Waals surface area contributed by atoms with Crippen LogP contribution in [0.3, 0.4) is 0 Å². The zero-order chi connectivity index (χ0) is 29.1. The zero-order valence-electron chi connectivity index (χ0n) is 24.0. The fourth-order valence-electron chi connectivity index (χ4n) is 6.40. The van der Waals surface area contributed by atoms with E-state index in [4.69, 9.17) is 4.84 Å². The van der Waals surface area contributed by atoms with Crippen molar-refractivity contribution in [2.24, 2.45) is 10.6 Å². The summed E-state index contributed by atoms with van der Waals surface area (Å²) in [6.07, 6.45) is 2.38.